The highest BCUT2D eigenvalue weighted by atomic mass is 32.1. The molecule has 0 radical (unpaired) electrons. The van der Waals surface area contributed by atoms with Gasteiger partial charge in [0.2, 0.25) is 0 Å². The quantitative estimate of drug-likeness (QED) is 0.369. The molecule has 1 aromatic carbocycles. The molecular weight excluding hydrogens is 441 g/mol. The first-order valence-electron chi connectivity index (χ1n) is 9.54. The Morgan fingerprint density at radius 3 is 2.41 bits per heavy atom. The number of benzene rings is 1. The van der Waals surface area contributed by atoms with Crippen LogP contribution in [0.5, 0.6) is 0 Å². The molecule has 2 aromatic heterocycles. The largest absolute Gasteiger partial charge is 0.456 e. The first kappa shape index (κ1) is 21.6. The molecular formula is C23H15F3N2O3S. The molecule has 0 atom stereocenters. The number of nitrogens with zero attached hydrogens (tertiary/aromatic N) is 2. The van der Waals surface area contributed by atoms with Crippen molar-refractivity contribution in [3.8, 4) is 16.5 Å². The van der Waals surface area contributed by atoms with E-state index < -0.39 is 23.6 Å². The fraction of sp³-hybridized carbons (Fsp3) is 0.174. The number of thiophene rings is 1. The summed E-state index contributed by atoms with van der Waals surface area (Å²) in [4.78, 5) is 26.7. The topological polar surface area (TPSA) is 74.3 Å². The first-order chi connectivity index (χ1) is 15.1. The Balaban J connectivity index is 1.69. The van der Waals surface area contributed by atoms with Gasteiger partial charge in [0.05, 0.1) is 10.3 Å². The monoisotopic (exact) mass is 456 g/mol. The number of carbonyl (C=O) groups excluding carboxylic acids is 2. The highest BCUT2D eigenvalue weighted by Crippen LogP contribution is 2.38. The average molecular weight is 456 g/mol. The molecule has 1 aliphatic heterocycles. The van der Waals surface area contributed by atoms with Gasteiger partial charge in [0.1, 0.15) is 23.0 Å². The smallest absolute Gasteiger partial charge is 0.416 e. The van der Waals surface area contributed by atoms with E-state index in [0.717, 1.165) is 26.6 Å². The molecule has 0 aliphatic carbocycles. The summed E-state index contributed by atoms with van der Waals surface area (Å²) in [6, 6.07) is 10.2. The van der Waals surface area contributed by atoms with Gasteiger partial charge in [-0.15, -0.1) is 11.3 Å². The maximum Gasteiger partial charge on any atom is 0.416 e. The van der Waals surface area contributed by atoms with E-state index in [1.54, 1.807) is 26.0 Å². The molecule has 3 aromatic rings. The van der Waals surface area contributed by atoms with E-state index in [0.29, 0.717) is 16.9 Å². The minimum Gasteiger partial charge on any atom is -0.456 e. The second-order valence-electron chi connectivity index (χ2n) is 7.09. The second kappa shape index (κ2) is 7.80. The number of amides is 2. The predicted octanol–water partition coefficient (Wildman–Crippen LogP) is 5.79. The standard InChI is InChI=1S/C23H15F3N2O3S/c1-3-28-21(29)16(12(2)17(11-27)22(28)30)8-15-9-20-18(31-15)10-19(32-20)13-4-6-14(7-5-13)23(24,25)26/h4-10H,3H2,1-2H3/b16-8-. The van der Waals surface area contributed by atoms with Gasteiger partial charge in [-0.3, -0.25) is 14.5 Å². The minimum absolute atomic E-state index is 0.0874. The van der Waals surface area contributed by atoms with Crippen LogP contribution in [-0.2, 0) is 15.8 Å². The molecule has 0 saturated carbocycles. The summed E-state index contributed by atoms with van der Waals surface area (Å²) >= 11 is 1.34. The van der Waals surface area contributed by atoms with Crippen molar-refractivity contribution in [1.29, 1.82) is 5.26 Å². The number of furan rings is 1. The Labute approximate surface area is 184 Å². The van der Waals surface area contributed by atoms with Crippen LogP contribution >= 0.6 is 11.3 Å². The molecule has 0 spiro atoms. The Morgan fingerprint density at radius 1 is 1.16 bits per heavy atom. The van der Waals surface area contributed by atoms with Crippen LogP contribution in [0.4, 0.5) is 13.2 Å². The normalized spacial score (nSPS) is 16.4. The summed E-state index contributed by atoms with van der Waals surface area (Å²) in [6.07, 6.45) is -2.90. The summed E-state index contributed by atoms with van der Waals surface area (Å²) in [6.45, 7) is 3.33. The molecule has 5 nitrogen and oxygen atoms in total. The van der Waals surface area contributed by atoms with Crippen molar-refractivity contribution in [3.05, 3.63) is 64.4 Å². The lowest BCUT2D eigenvalue weighted by Crippen LogP contribution is -2.42. The number of likely N-dealkylation sites (N-methyl/N-ethyl adjacent to an activating group) is 1. The summed E-state index contributed by atoms with van der Waals surface area (Å²) in [5.41, 5.74) is 0.838. The van der Waals surface area contributed by atoms with E-state index in [1.165, 1.54) is 29.5 Å². The summed E-state index contributed by atoms with van der Waals surface area (Å²) in [5.74, 6) is -0.744. The molecule has 1 aliphatic rings. The summed E-state index contributed by atoms with van der Waals surface area (Å²) in [5, 5.41) is 9.32. The number of alkyl halides is 3. The van der Waals surface area contributed by atoms with E-state index in [-0.39, 0.29) is 23.3 Å². The van der Waals surface area contributed by atoms with Gasteiger partial charge in [0.25, 0.3) is 11.8 Å². The minimum atomic E-state index is -4.39. The molecule has 0 saturated heterocycles. The molecule has 3 heterocycles. The van der Waals surface area contributed by atoms with Gasteiger partial charge in [-0.25, -0.2) is 0 Å². The van der Waals surface area contributed by atoms with Gasteiger partial charge in [0, 0.05) is 29.1 Å². The zero-order valence-corrected chi connectivity index (χ0v) is 17.7. The van der Waals surface area contributed by atoms with Gasteiger partial charge in [-0.1, -0.05) is 12.1 Å². The Kier molecular flexibility index (Phi) is 5.26. The number of carbonyl (C=O) groups is 2. The third kappa shape index (κ3) is 3.63. The highest BCUT2D eigenvalue weighted by molar-refractivity contribution is 7.22. The molecule has 4 rings (SSSR count). The number of imide groups is 1. The lowest BCUT2D eigenvalue weighted by molar-refractivity contribution is -0.140. The molecule has 0 bridgehead atoms. The van der Waals surface area contributed by atoms with E-state index in [9.17, 15) is 28.0 Å². The SMILES string of the molecule is CCN1C(=O)C(C#N)=C(C)/C(=C/c2cc3sc(-c4ccc(C(F)(F)F)cc4)cc3o2)C1=O. The van der Waals surface area contributed by atoms with Crippen molar-refractivity contribution < 1.29 is 27.2 Å². The molecule has 0 N–H and O–H groups in total. The number of fused-ring (bicyclic) bond motifs is 1. The summed E-state index contributed by atoms with van der Waals surface area (Å²) in [7, 11) is 0. The van der Waals surface area contributed by atoms with Crippen LogP contribution in [0.2, 0.25) is 0 Å². The maximum absolute atomic E-state index is 12.8. The van der Waals surface area contributed by atoms with Crippen LogP contribution in [-0.4, -0.2) is 23.3 Å². The van der Waals surface area contributed by atoms with Crippen molar-refractivity contribution in [2.75, 3.05) is 6.54 Å². The van der Waals surface area contributed by atoms with Gasteiger partial charge >= 0.3 is 6.18 Å². The van der Waals surface area contributed by atoms with E-state index in [1.807, 2.05) is 6.07 Å². The third-order valence-corrected chi connectivity index (χ3v) is 6.26. The number of halogens is 3. The molecule has 2 amide bonds. The van der Waals surface area contributed by atoms with Crippen LogP contribution in [0.25, 0.3) is 26.8 Å². The van der Waals surface area contributed by atoms with Crippen LogP contribution in [0.1, 0.15) is 25.2 Å². The van der Waals surface area contributed by atoms with Crippen molar-refractivity contribution in [2.24, 2.45) is 0 Å². The molecule has 32 heavy (non-hydrogen) atoms. The van der Waals surface area contributed by atoms with Crippen LogP contribution in [0.3, 0.4) is 0 Å². The maximum atomic E-state index is 12.8. The molecule has 0 fully saturated rings. The van der Waals surface area contributed by atoms with Crippen molar-refractivity contribution in [2.45, 2.75) is 20.0 Å². The van der Waals surface area contributed by atoms with E-state index in [4.69, 9.17) is 4.42 Å². The summed E-state index contributed by atoms with van der Waals surface area (Å²) < 4.78 is 44.8. The zero-order valence-electron chi connectivity index (χ0n) is 16.9. The van der Waals surface area contributed by atoms with Gasteiger partial charge in [-0.05, 0) is 43.2 Å². The Bertz CT molecular complexity index is 1320. The van der Waals surface area contributed by atoms with E-state index >= 15 is 0 Å². The fourth-order valence-corrected chi connectivity index (χ4v) is 4.48. The Morgan fingerprint density at radius 2 is 1.84 bits per heavy atom. The lowest BCUT2D eigenvalue weighted by atomic mass is 9.95. The fourth-order valence-electron chi connectivity index (χ4n) is 3.45. The zero-order chi connectivity index (χ0) is 23.2. The molecule has 0 unspecified atom stereocenters. The van der Waals surface area contributed by atoms with Gasteiger partial charge in [-0.2, -0.15) is 18.4 Å². The number of rotatable bonds is 3. The van der Waals surface area contributed by atoms with Crippen molar-refractivity contribution >= 4 is 39.5 Å². The Hall–Kier alpha value is -3.64. The lowest BCUT2D eigenvalue weighted by Gasteiger charge is -2.25. The first-order valence-corrected chi connectivity index (χ1v) is 10.4. The van der Waals surface area contributed by atoms with Crippen LogP contribution < -0.4 is 0 Å². The molecule has 162 valence electrons. The van der Waals surface area contributed by atoms with Gasteiger partial charge < -0.3 is 4.42 Å². The van der Waals surface area contributed by atoms with Crippen LogP contribution in [0.15, 0.2) is 57.5 Å². The van der Waals surface area contributed by atoms with Crippen molar-refractivity contribution in [1.82, 2.24) is 4.90 Å². The highest BCUT2D eigenvalue weighted by Gasteiger charge is 2.34. The van der Waals surface area contributed by atoms with Crippen molar-refractivity contribution in [3.63, 3.8) is 0 Å². The second-order valence-corrected chi connectivity index (χ2v) is 8.17. The number of hydrogen-bond donors (Lipinski definition) is 0. The van der Waals surface area contributed by atoms with Gasteiger partial charge in [0.15, 0.2) is 0 Å². The average Bonchev–Trinajstić information content (AvgIpc) is 3.30. The van der Waals surface area contributed by atoms with E-state index in [2.05, 4.69) is 0 Å². The predicted molar refractivity (Wildman–Crippen MR) is 113 cm³/mol. The molecule has 9 heteroatoms. The van der Waals surface area contributed by atoms with Crippen LogP contribution in [0, 0.1) is 11.3 Å². The number of nitriles is 1. The number of hydrogen-bond acceptors (Lipinski definition) is 5. The third-order valence-electron chi connectivity index (χ3n) is 5.15.